The maximum atomic E-state index is 14.3. The van der Waals surface area contributed by atoms with Crippen LogP contribution in [0.1, 0.15) is 37.3 Å². The molecule has 0 amide bonds. The molecule has 34 heavy (non-hydrogen) atoms. The van der Waals surface area contributed by atoms with Crippen molar-refractivity contribution >= 4 is 16.7 Å². The maximum absolute atomic E-state index is 14.3. The van der Waals surface area contributed by atoms with Crippen molar-refractivity contribution in [1.29, 1.82) is 0 Å². The van der Waals surface area contributed by atoms with E-state index in [1.54, 1.807) is 12.1 Å². The van der Waals surface area contributed by atoms with Gasteiger partial charge < -0.3 is 19.7 Å². The van der Waals surface area contributed by atoms with Gasteiger partial charge in [0.25, 0.3) is 0 Å². The van der Waals surface area contributed by atoms with Crippen molar-refractivity contribution in [2.75, 3.05) is 13.2 Å². The number of fused-ring (bicyclic) bond motifs is 1. The van der Waals surface area contributed by atoms with E-state index in [0.29, 0.717) is 48.3 Å². The van der Waals surface area contributed by atoms with Crippen molar-refractivity contribution in [1.82, 2.24) is 4.98 Å². The van der Waals surface area contributed by atoms with E-state index in [-0.39, 0.29) is 35.8 Å². The third kappa shape index (κ3) is 3.83. The second-order valence-corrected chi connectivity index (χ2v) is 8.81. The summed E-state index contributed by atoms with van der Waals surface area (Å²) in [5.41, 5.74) is -0.834. The predicted molar refractivity (Wildman–Crippen MR) is 117 cm³/mol. The Labute approximate surface area is 193 Å². The summed E-state index contributed by atoms with van der Waals surface area (Å²) in [7, 11) is 0. The van der Waals surface area contributed by atoms with E-state index in [1.807, 2.05) is 0 Å². The lowest BCUT2D eigenvalue weighted by Crippen LogP contribution is -2.52. The Morgan fingerprint density at radius 3 is 2.53 bits per heavy atom. The molecule has 2 heterocycles. The first kappa shape index (κ1) is 22.5. The Kier molecular flexibility index (Phi) is 5.59. The van der Waals surface area contributed by atoms with Gasteiger partial charge >= 0.3 is 5.97 Å². The number of phenols is 1. The molecule has 1 aliphatic heterocycles. The molecule has 6 nitrogen and oxygen atoms in total. The molecule has 2 N–H and O–H groups in total. The van der Waals surface area contributed by atoms with Gasteiger partial charge in [0.1, 0.15) is 11.9 Å². The van der Waals surface area contributed by atoms with Crippen molar-refractivity contribution in [3.63, 3.8) is 0 Å². The van der Waals surface area contributed by atoms with Gasteiger partial charge in [-0.3, -0.25) is 0 Å². The summed E-state index contributed by atoms with van der Waals surface area (Å²) in [6, 6.07) is 8.38. The number of alkyl halides is 1. The van der Waals surface area contributed by atoms with Crippen molar-refractivity contribution in [2.24, 2.45) is 0 Å². The number of aromatic nitrogens is 1. The minimum absolute atomic E-state index is 0.0540. The van der Waals surface area contributed by atoms with Gasteiger partial charge in [-0.1, -0.05) is 18.2 Å². The van der Waals surface area contributed by atoms with Crippen LogP contribution in [0, 0.1) is 11.6 Å². The molecule has 0 spiro atoms. The summed E-state index contributed by atoms with van der Waals surface area (Å²) in [5.74, 6) is -3.69. The fourth-order valence-corrected chi connectivity index (χ4v) is 4.72. The first-order chi connectivity index (χ1) is 16.3. The average molecular weight is 473 g/mol. The van der Waals surface area contributed by atoms with Gasteiger partial charge in [0.05, 0.1) is 11.1 Å². The van der Waals surface area contributed by atoms with Crippen molar-refractivity contribution in [3.05, 3.63) is 53.7 Å². The smallest absolute Gasteiger partial charge is 0.341 e. The zero-order chi connectivity index (χ0) is 24.0. The minimum atomic E-state index is -2.35. The lowest BCUT2D eigenvalue weighted by atomic mass is 9.79. The molecule has 0 atom stereocenters. The topological polar surface area (TPSA) is 88.9 Å². The van der Waals surface area contributed by atoms with Crippen LogP contribution in [0.5, 0.6) is 11.6 Å². The first-order valence-corrected chi connectivity index (χ1v) is 11.0. The maximum Gasteiger partial charge on any atom is 0.341 e. The lowest BCUT2D eigenvalue weighted by Gasteiger charge is -2.37. The van der Waals surface area contributed by atoms with Gasteiger partial charge in [0, 0.05) is 42.9 Å². The molecule has 2 aromatic carbocycles. The molecule has 1 saturated carbocycles. The molecule has 5 rings (SSSR count). The average Bonchev–Trinajstić information content (AvgIpc) is 2.80. The van der Waals surface area contributed by atoms with Crippen LogP contribution in [0.3, 0.4) is 0 Å². The van der Waals surface area contributed by atoms with Gasteiger partial charge in [0.15, 0.2) is 11.6 Å². The van der Waals surface area contributed by atoms with Crippen molar-refractivity contribution < 1.29 is 37.7 Å². The SMILES string of the molecule is O=C(O)[C@]1(F)C[C@@H](Oc2nc(C3CCOCC3)c(-c3ccc(F)c(F)c3)c3cccc(O)c23)C1. The molecule has 178 valence electrons. The number of carbonyl (C=O) groups is 1. The van der Waals surface area contributed by atoms with Crippen LogP contribution in [-0.4, -0.2) is 46.2 Å². The molecular weight excluding hydrogens is 451 g/mol. The number of carboxylic acid groups (broad SMARTS) is 1. The molecule has 2 fully saturated rings. The molecule has 0 bridgehead atoms. The molecular formula is C25H22F3NO5. The van der Waals surface area contributed by atoms with E-state index in [9.17, 15) is 23.1 Å². The minimum Gasteiger partial charge on any atom is -0.507 e. The van der Waals surface area contributed by atoms with Gasteiger partial charge in [-0.15, -0.1) is 0 Å². The number of phenolic OH excluding ortho intramolecular Hbond substituents is 1. The van der Waals surface area contributed by atoms with Gasteiger partial charge in [-0.05, 0) is 36.6 Å². The Morgan fingerprint density at radius 2 is 1.85 bits per heavy atom. The Hall–Kier alpha value is -3.33. The standard InChI is InChI=1S/C25H22F3NO5/c26-17-5-4-14(10-18(17)27)20-16-2-1-3-19(30)21(16)23(29-22(20)13-6-8-33-9-7-13)34-15-11-25(28,12-15)24(31)32/h1-5,10,13,15,30H,6-9,11-12H2,(H,31,32)/t15-,25+. The Morgan fingerprint density at radius 1 is 1.12 bits per heavy atom. The third-order valence-electron chi connectivity index (χ3n) is 6.58. The summed E-state index contributed by atoms with van der Waals surface area (Å²) in [6.45, 7) is 1.01. The second-order valence-electron chi connectivity index (χ2n) is 8.81. The Balaban J connectivity index is 1.67. The Bertz CT molecular complexity index is 1270. The molecule has 0 unspecified atom stereocenters. The molecule has 1 aliphatic carbocycles. The van der Waals surface area contributed by atoms with E-state index >= 15 is 0 Å². The van der Waals surface area contributed by atoms with E-state index in [4.69, 9.17) is 19.6 Å². The van der Waals surface area contributed by atoms with Crippen LogP contribution < -0.4 is 4.74 Å². The highest BCUT2D eigenvalue weighted by Crippen LogP contribution is 2.46. The highest BCUT2D eigenvalue weighted by molar-refractivity contribution is 6.03. The van der Waals surface area contributed by atoms with E-state index in [2.05, 4.69) is 0 Å². The number of hydrogen-bond donors (Lipinski definition) is 2. The van der Waals surface area contributed by atoms with Crippen LogP contribution >= 0.6 is 0 Å². The summed E-state index contributed by atoms with van der Waals surface area (Å²) < 4.78 is 53.5. The van der Waals surface area contributed by atoms with Crippen molar-refractivity contribution in [2.45, 2.75) is 43.4 Å². The molecule has 9 heteroatoms. The van der Waals surface area contributed by atoms with Crippen LogP contribution in [0.25, 0.3) is 21.9 Å². The molecule has 1 saturated heterocycles. The zero-order valence-electron chi connectivity index (χ0n) is 18.1. The summed E-state index contributed by atoms with van der Waals surface area (Å²) in [5, 5.41) is 20.5. The lowest BCUT2D eigenvalue weighted by molar-refractivity contribution is -0.164. The number of aromatic hydroxyl groups is 1. The molecule has 1 aromatic heterocycles. The number of halogens is 3. The van der Waals surface area contributed by atoms with Crippen LogP contribution in [0.15, 0.2) is 36.4 Å². The largest absolute Gasteiger partial charge is 0.507 e. The fourth-order valence-electron chi connectivity index (χ4n) is 4.72. The number of hydrogen-bond acceptors (Lipinski definition) is 5. The highest BCUT2D eigenvalue weighted by atomic mass is 19.2. The number of carboxylic acids is 1. The molecule has 3 aromatic rings. The fraction of sp³-hybridized carbons (Fsp3) is 0.360. The highest BCUT2D eigenvalue weighted by Gasteiger charge is 2.53. The van der Waals surface area contributed by atoms with Gasteiger partial charge in [-0.2, -0.15) is 0 Å². The number of benzene rings is 2. The van der Waals surface area contributed by atoms with Gasteiger partial charge in [0.2, 0.25) is 11.5 Å². The summed E-state index contributed by atoms with van der Waals surface area (Å²) >= 11 is 0. The first-order valence-electron chi connectivity index (χ1n) is 11.0. The molecule has 0 radical (unpaired) electrons. The van der Waals surface area contributed by atoms with Crippen molar-refractivity contribution in [3.8, 4) is 22.8 Å². The predicted octanol–water partition coefficient (Wildman–Crippen LogP) is 5.11. The number of ether oxygens (including phenoxy) is 2. The quantitative estimate of drug-likeness (QED) is 0.535. The number of aliphatic carboxylic acids is 1. The second kappa shape index (κ2) is 8.47. The summed E-state index contributed by atoms with van der Waals surface area (Å²) in [6.07, 6.45) is -0.117. The monoisotopic (exact) mass is 473 g/mol. The third-order valence-corrected chi connectivity index (χ3v) is 6.58. The van der Waals surface area contributed by atoms with Gasteiger partial charge in [-0.25, -0.2) is 22.9 Å². The number of nitrogens with zero attached hydrogens (tertiary/aromatic N) is 1. The number of rotatable bonds is 5. The van der Waals surface area contributed by atoms with E-state index < -0.39 is 29.4 Å². The van der Waals surface area contributed by atoms with E-state index in [0.717, 1.165) is 12.1 Å². The number of pyridine rings is 1. The zero-order valence-corrected chi connectivity index (χ0v) is 18.1. The molecule has 2 aliphatic rings. The van der Waals surface area contributed by atoms with E-state index in [1.165, 1.54) is 12.1 Å². The van der Waals surface area contributed by atoms with Crippen LogP contribution in [0.2, 0.25) is 0 Å². The summed E-state index contributed by atoms with van der Waals surface area (Å²) in [4.78, 5) is 15.8. The van der Waals surface area contributed by atoms with Crippen LogP contribution in [-0.2, 0) is 9.53 Å². The normalized spacial score (nSPS) is 23.0. The van der Waals surface area contributed by atoms with Crippen LogP contribution in [0.4, 0.5) is 13.2 Å².